The molecule has 0 aliphatic carbocycles. The Balaban J connectivity index is 1.60. The van der Waals surface area contributed by atoms with Crippen LogP contribution < -0.4 is 20.7 Å². The number of ether oxygens (including phenoxy) is 2. The first kappa shape index (κ1) is 26.1. The lowest BCUT2D eigenvalue weighted by Gasteiger charge is -2.19. The second kappa shape index (κ2) is 10.3. The molecule has 0 bridgehead atoms. The third kappa shape index (κ3) is 5.26. The van der Waals surface area contributed by atoms with Gasteiger partial charge in [0.05, 0.1) is 17.1 Å². The van der Waals surface area contributed by atoms with Gasteiger partial charge in [-0.05, 0) is 64.4 Å². The number of benzene rings is 1. The molecule has 0 aliphatic rings. The predicted molar refractivity (Wildman–Crippen MR) is 143 cm³/mol. The van der Waals surface area contributed by atoms with Crippen molar-refractivity contribution >= 4 is 22.6 Å². The molecule has 11 nitrogen and oxygen atoms in total. The minimum absolute atomic E-state index is 0.0631. The van der Waals surface area contributed by atoms with Crippen molar-refractivity contribution < 1.29 is 18.4 Å². The number of fused-ring (bicyclic) bond motifs is 1. The highest BCUT2D eigenvalue weighted by molar-refractivity contribution is 6.29. The van der Waals surface area contributed by atoms with Gasteiger partial charge in [0.25, 0.3) is 0 Å². The van der Waals surface area contributed by atoms with E-state index in [-0.39, 0.29) is 40.0 Å². The molecule has 0 amide bonds. The Hall–Kier alpha value is -4.51. The largest absolute Gasteiger partial charge is 0.483 e. The predicted octanol–water partition coefficient (Wildman–Crippen LogP) is 5.19. The van der Waals surface area contributed by atoms with E-state index in [0.717, 1.165) is 5.56 Å². The first-order valence-corrected chi connectivity index (χ1v) is 12.4. The molecule has 0 spiro atoms. The molecule has 0 aliphatic heterocycles. The van der Waals surface area contributed by atoms with Crippen molar-refractivity contribution in [2.24, 2.45) is 0 Å². The highest BCUT2D eigenvalue weighted by Gasteiger charge is 2.22. The van der Waals surface area contributed by atoms with Crippen molar-refractivity contribution in [1.82, 2.24) is 25.1 Å². The minimum atomic E-state index is -0.743. The van der Waals surface area contributed by atoms with E-state index in [9.17, 15) is 9.59 Å². The molecule has 39 heavy (non-hydrogen) atoms. The van der Waals surface area contributed by atoms with E-state index in [1.54, 1.807) is 44.4 Å². The van der Waals surface area contributed by atoms with Gasteiger partial charge in [0.2, 0.25) is 5.82 Å². The topological polar surface area (TPSA) is 146 Å². The van der Waals surface area contributed by atoms with Crippen LogP contribution >= 0.6 is 11.6 Å². The Morgan fingerprint density at radius 2 is 1.77 bits per heavy atom. The molecule has 0 saturated heterocycles. The summed E-state index contributed by atoms with van der Waals surface area (Å²) in [7, 11) is 0. The molecule has 12 heteroatoms. The van der Waals surface area contributed by atoms with Crippen LogP contribution in [0.15, 0.2) is 55.2 Å². The Labute approximate surface area is 226 Å². The Morgan fingerprint density at radius 1 is 1.03 bits per heavy atom. The number of aromatic nitrogens is 5. The molecular weight excluding hydrogens is 526 g/mol. The van der Waals surface area contributed by atoms with E-state index < -0.39 is 11.9 Å². The van der Waals surface area contributed by atoms with Gasteiger partial charge < -0.3 is 13.9 Å². The molecule has 200 valence electrons. The van der Waals surface area contributed by atoms with Crippen molar-refractivity contribution in [1.29, 1.82) is 0 Å². The Bertz CT molecular complexity index is 1790. The Kier molecular flexibility index (Phi) is 6.92. The fourth-order valence-corrected chi connectivity index (χ4v) is 4.27. The molecular formula is C27H24ClN5O6. The number of rotatable bonds is 7. The van der Waals surface area contributed by atoms with Crippen molar-refractivity contribution in [2.75, 3.05) is 0 Å². The highest BCUT2D eigenvalue weighted by Crippen LogP contribution is 2.35. The van der Waals surface area contributed by atoms with Gasteiger partial charge in [-0.15, -0.1) is 0 Å². The maximum Gasteiger partial charge on any atom is 0.439 e. The molecule has 4 heterocycles. The second-order valence-electron chi connectivity index (χ2n) is 9.22. The lowest BCUT2D eigenvalue weighted by molar-refractivity contribution is 0.222. The maximum atomic E-state index is 13.5. The quantitative estimate of drug-likeness (QED) is 0.269. The van der Waals surface area contributed by atoms with E-state index >= 15 is 0 Å². The zero-order valence-corrected chi connectivity index (χ0v) is 22.5. The lowest BCUT2D eigenvalue weighted by Crippen LogP contribution is -2.12. The summed E-state index contributed by atoms with van der Waals surface area (Å²) in [6.45, 7) is 9.15. The number of hydrogen-bond donors (Lipinski definition) is 1. The van der Waals surface area contributed by atoms with Gasteiger partial charge in [-0.3, -0.25) is 14.3 Å². The molecule has 1 atom stereocenters. The number of halogens is 1. The smallest absolute Gasteiger partial charge is 0.439 e. The zero-order valence-electron chi connectivity index (χ0n) is 21.7. The normalized spacial score (nSPS) is 12.2. The van der Waals surface area contributed by atoms with Gasteiger partial charge in [0.15, 0.2) is 11.1 Å². The van der Waals surface area contributed by atoms with Gasteiger partial charge in [0, 0.05) is 23.5 Å². The van der Waals surface area contributed by atoms with Crippen molar-refractivity contribution in [3.63, 3.8) is 0 Å². The molecule has 4 aromatic heterocycles. The van der Waals surface area contributed by atoms with Gasteiger partial charge in [-0.1, -0.05) is 16.8 Å². The van der Waals surface area contributed by atoms with Crippen LogP contribution in [-0.4, -0.2) is 31.2 Å². The van der Waals surface area contributed by atoms with Gasteiger partial charge in [0.1, 0.15) is 28.3 Å². The number of nitrogens with one attached hydrogen (secondary N) is 1. The number of nitrogens with zero attached hydrogens (tertiary/aromatic N) is 4. The van der Waals surface area contributed by atoms with E-state index in [2.05, 4.69) is 29.6 Å². The molecule has 5 aromatic rings. The number of pyridine rings is 1. The third-order valence-corrected chi connectivity index (χ3v) is 6.06. The summed E-state index contributed by atoms with van der Waals surface area (Å²) in [5.41, 5.74) is 2.80. The summed E-state index contributed by atoms with van der Waals surface area (Å²) in [4.78, 5) is 40.1. The molecule has 1 aromatic carbocycles. The number of aryl methyl sites for hydroxylation is 1. The average Bonchev–Trinajstić information content (AvgIpc) is 3.33. The molecule has 0 fully saturated rings. The number of H-pyrrole nitrogens is 1. The van der Waals surface area contributed by atoms with Crippen LogP contribution in [0.1, 0.15) is 43.6 Å². The van der Waals surface area contributed by atoms with Crippen LogP contribution in [0, 0.1) is 13.8 Å². The summed E-state index contributed by atoms with van der Waals surface area (Å²) < 4.78 is 22.7. The fourth-order valence-electron chi connectivity index (χ4n) is 4.12. The van der Waals surface area contributed by atoms with Gasteiger partial charge in [-0.2, -0.15) is 0 Å². The summed E-state index contributed by atoms with van der Waals surface area (Å²) in [5.74, 6) is -0.0501. The summed E-state index contributed by atoms with van der Waals surface area (Å²) in [5, 5.41) is 4.28. The number of hydrogen-bond acceptors (Lipinski definition) is 10. The van der Waals surface area contributed by atoms with E-state index in [4.69, 9.17) is 25.5 Å². The minimum Gasteiger partial charge on any atom is -0.483 e. The van der Waals surface area contributed by atoms with Gasteiger partial charge >= 0.3 is 11.8 Å². The standard InChI is InChI=1S/C27H24ClN5O6/c1-12(2)36-26-29-10-16(11-30-26)23-14(4)22(34)18-9-13(3)8-17(24(18)38-23)15(5)37-19-6-7-20(28)31-21(19)25-32-27(35)39-33-25/h6-12,15H,1-5H3,(H,32,33,35). The molecule has 5 rings (SSSR count). The first-order chi connectivity index (χ1) is 18.6. The van der Waals surface area contributed by atoms with Crippen LogP contribution in [0.3, 0.4) is 0 Å². The summed E-state index contributed by atoms with van der Waals surface area (Å²) >= 11 is 6.08. The third-order valence-electron chi connectivity index (χ3n) is 5.85. The van der Waals surface area contributed by atoms with Crippen LogP contribution in [0.4, 0.5) is 0 Å². The van der Waals surface area contributed by atoms with E-state index in [0.29, 0.717) is 33.4 Å². The monoisotopic (exact) mass is 549 g/mol. The van der Waals surface area contributed by atoms with Crippen molar-refractivity contribution in [3.05, 3.63) is 79.3 Å². The van der Waals surface area contributed by atoms with Crippen LogP contribution in [-0.2, 0) is 0 Å². The molecule has 0 radical (unpaired) electrons. The lowest BCUT2D eigenvalue weighted by atomic mass is 10.0. The van der Waals surface area contributed by atoms with E-state index in [1.807, 2.05) is 26.8 Å². The second-order valence-corrected chi connectivity index (χ2v) is 9.61. The maximum absolute atomic E-state index is 13.5. The molecule has 1 N–H and O–H groups in total. The van der Waals surface area contributed by atoms with Crippen LogP contribution in [0.2, 0.25) is 5.15 Å². The van der Waals surface area contributed by atoms with Gasteiger partial charge in [-0.25, -0.2) is 19.7 Å². The summed E-state index contributed by atoms with van der Waals surface area (Å²) in [6, 6.07) is 7.05. The molecule has 1 unspecified atom stereocenters. The fraction of sp³-hybridized carbons (Fsp3) is 0.259. The Morgan fingerprint density at radius 3 is 2.44 bits per heavy atom. The van der Waals surface area contributed by atoms with E-state index in [1.165, 1.54) is 0 Å². The number of aromatic amines is 1. The van der Waals surface area contributed by atoms with Crippen molar-refractivity contribution in [2.45, 2.75) is 46.8 Å². The average molecular weight is 550 g/mol. The SMILES string of the molecule is Cc1cc(C(C)Oc2ccc(Cl)nc2-c2noc(=O)[nH]2)c2oc(-c3cnc(OC(C)C)nc3)c(C)c(=O)c2c1. The first-order valence-electron chi connectivity index (χ1n) is 12.1. The molecule has 0 saturated carbocycles. The van der Waals surface area contributed by atoms with Crippen LogP contribution in [0.25, 0.3) is 33.8 Å². The summed E-state index contributed by atoms with van der Waals surface area (Å²) in [6.07, 6.45) is 2.41. The van der Waals surface area contributed by atoms with Crippen LogP contribution in [0.5, 0.6) is 11.8 Å². The van der Waals surface area contributed by atoms with Crippen molar-refractivity contribution in [3.8, 4) is 34.6 Å². The highest BCUT2D eigenvalue weighted by atomic mass is 35.5. The zero-order chi connectivity index (χ0) is 27.8.